The van der Waals surface area contributed by atoms with Crippen LogP contribution in [0.3, 0.4) is 0 Å². The molecule has 0 radical (unpaired) electrons. The molecule has 0 aliphatic rings. The lowest BCUT2D eigenvalue weighted by Crippen LogP contribution is -2.19. The summed E-state index contributed by atoms with van der Waals surface area (Å²) in [5.74, 6) is 0. The number of rotatable bonds is 3. The van der Waals surface area contributed by atoms with Crippen LogP contribution in [-0.2, 0) is 13.0 Å². The van der Waals surface area contributed by atoms with Crippen molar-refractivity contribution in [2.45, 2.75) is 26.8 Å². The van der Waals surface area contributed by atoms with Crippen molar-refractivity contribution in [3.63, 3.8) is 0 Å². The van der Waals surface area contributed by atoms with Gasteiger partial charge in [0, 0.05) is 12.3 Å². The molecule has 0 fully saturated rings. The van der Waals surface area contributed by atoms with E-state index in [4.69, 9.17) is 0 Å². The molecular weight excluding hydrogens is 210 g/mol. The second-order valence-corrected chi connectivity index (χ2v) is 4.35. The van der Waals surface area contributed by atoms with Crippen LogP contribution in [0.25, 0.3) is 0 Å². The number of pyridine rings is 1. The van der Waals surface area contributed by atoms with E-state index in [0.717, 1.165) is 6.42 Å². The average Bonchev–Trinajstić information content (AvgIpc) is 2.32. The molecule has 0 bridgehead atoms. The van der Waals surface area contributed by atoms with Crippen molar-refractivity contribution in [2.75, 3.05) is 0 Å². The smallest absolute Gasteiger partial charge is 0.250 e. The first-order valence-electron chi connectivity index (χ1n) is 5.94. The zero-order chi connectivity index (χ0) is 12.3. The number of hydrogen-bond donors (Lipinski definition) is 0. The SMILES string of the molecule is CCc1ccc(=O)n(Cc2cccc(C)c2)c1. The van der Waals surface area contributed by atoms with E-state index in [9.17, 15) is 4.79 Å². The number of nitrogens with zero attached hydrogens (tertiary/aromatic N) is 1. The first kappa shape index (κ1) is 11.6. The molecule has 0 aliphatic carbocycles. The van der Waals surface area contributed by atoms with Crippen LogP contribution in [0.15, 0.2) is 47.4 Å². The molecule has 0 N–H and O–H groups in total. The molecule has 0 unspecified atom stereocenters. The second-order valence-electron chi connectivity index (χ2n) is 4.35. The fourth-order valence-electron chi connectivity index (χ4n) is 1.92. The molecule has 0 spiro atoms. The molecule has 0 saturated heterocycles. The maximum absolute atomic E-state index is 11.7. The highest BCUT2D eigenvalue weighted by Crippen LogP contribution is 2.06. The van der Waals surface area contributed by atoms with Crippen LogP contribution in [0, 0.1) is 6.92 Å². The van der Waals surface area contributed by atoms with E-state index in [1.165, 1.54) is 16.7 Å². The Morgan fingerprint density at radius 2 is 1.94 bits per heavy atom. The minimum atomic E-state index is 0.0590. The van der Waals surface area contributed by atoms with Gasteiger partial charge in [0.05, 0.1) is 6.54 Å². The van der Waals surface area contributed by atoms with E-state index in [-0.39, 0.29) is 5.56 Å². The third kappa shape index (κ3) is 2.84. The zero-order valence-corrected chi connectivity index (χ0v) is 10.3. The van der Waals surface area contributed by atoms with E-state index >= 15 is 0 Å². The summed E-state index contributed by atoms with van der Waals surface area (Å²) in [4.78, 5) is 11.7. The monoisotopic (exact) mass is 227 g/mol. The van der Waals surface area contributed by atoms with E-state index in [1.807, 2.05) is 18.3 Å². The Labute approximate surface area is 102 Å². The largest absolute Gasteiger partial charge is 0.311 e. The number of hydrogen-bond acceptors (Lipinski definition) is 1. The maximum Gasteiger partial charge on any atom is 0.250 e. The molecular formula is C15H17NO. The minimum Gasteiger partial charge on any atom is -0.311 e. The average molecular weight is 227 g/mol. The maximum atomic E-state index is 11.7. The highest BCUT2D eigenvalue weighted by Gasteiger charge is 1.99. The molecule has 88 valence electrons. The summed E-state index contributed by atoms with van der Waals surface area (Å²) in [6, 6.07) is 11.8. The topological polar surface area (TPSA) is 22.0 Å². The van der Waals surface area contributed by atoms with Crippen molar-refractivity contribution in [1.29, 1.82) is 0 Å². The standard InChI is InChI=1S/C15H17NO/c1-3-13-7-8-15(17)16(10-13)11-14-6-4-5-12(2)9-14/h4-10H,3,11H2,1-2H3. The number of benzene rings is 1. The van der Waals surface area contributed by atoms with Gasteiger partial charge in [0.1, 0.15) is 0 Å². The Morgan fingerprint density at radius 1 is 1.12 bits per heavy atom. The van der Waals surface area contributed by atoms with Crippen molar-refractivity contribution in [1.82, 2.24) is 4.57 Å². The van der Waals surface area contributed by atoms with Crippen LogP contribution in [0.4, 0.5) is 0 Å². The normalized spacial score (nSPS) is 10.5. The molecule has 0 atom stereocenters. The summed E-state index contributed by atoms with van der Waals surface area (Å²) in [5, 5.41) is 0. The fourth-order valence-corrected chi connectivity index (χ4v) is 1.92. The lowest BCUT2D eigenvalue weighted by atomic mass is 10.1. The van der Waals surface area contributed by atoms with Gasteiger partial charge in [-0.3, -0.25) is 4.79 Å². The van der Waals surface area contributed by atoms with E-state index in [1.54, 1.807) is 10.6 Å². The van der Waals surface area contributed by atoms with Gasteiger partial charge < -0.3 is 4.57 Å². The summed E-state index contributed by atoms with van der Waals surface area (Å²) >= 11 is 0. The quantitative estimate of drug-likeness (QED) is 0.790. The lowest BCUT2D eigenvalue weighted by molar-refractivity contribution is 0.749. The molecule has 1 aromatic carbocycles. The number of aryl methyl sites for hydroxylation is 2. The van der Waals surface area contributed by atoms with Crippen molar-refractivity contribution in [3.8, 4) is 0 Å². The zero-order valence-electron chi connectivity index (χ0n) is 10.3. The van der Waals surface area contributed by atoms with E-state index < -0.39 is 0 Å². The van der Waals surface area contributed by atoms with Crippen LogP contribution in [0.5, 0.6) is 0 Å². The first-order valence-corrected chi connectivity index (χ1v) is 5.94. The molecule has 0 amide bonds. The fraction of sp³-hybridized carbons (Fsp3) is 0.267. The predicted molar refractivity (Wildman–Crippen MR) is 70.4 cm³/mol. The van der Waals surface area contributed by atoms with Crippen molar-refractivity contribution in [2.24, 2.45) is 0 Å². The van der Waals surface area contributed by atoms with Crippen LogP contribution in [-0.4, -0.2) is 4.57 Å². The number of aromatic nitrogens is 1. The van der Waals surface area contributed by atoms with Gasteiger partial charge in [-0.25, -0.2) is 0 Å². The molecule has 2 nitrogen and oxygen atoms in total. The molecule has 17 heavy (non-hydrogen) atoms. The van der Waals surface area contributed by atoms with Gasteiger partial charge in [-0.05, 0) is 24.5 Å². The Hall–Kier alpha value is -1.83. The Balaban J connectivity index is 2.32. The van der Waals surface area contributed by atoms with Gasteiger partial charge in [0.2, 0.25) is 0 Å². The van der Waals surface area contributed by atoms with Crippen LogP contribution >= 0.6 is 0 Å². The first-order chi connectivity index (χ1) is 8.19. The molecule has 2 rings (SSSR count). The van der Waals surface area contributed by atoms with Crippen molar-refractivity contribution < 1.29 is 0 Å². The molecule has 2 heteroatoms. The Morgan fingerprint density at radius 3 is 2.65 bits per heavy atom. The predicted octanol–water partition coefficient (Wildman–Crippen LogP) is 2.77. The van der Waals surface area contributed by atoms with Crippen LogP contribution < -0.4 is 5.56 Å². The third-order valence-electron chi connectivity index (χ3n) is 2.89. The molecule has 0 aliphatic heterocycles. The van der Waals surface area contributed by atoms with Crippen molar-refractivity contribution in [3.05, 3.63) is 69.6 Å². The summed E-state index contributed by atoms with van der Waals surface area (Å²) < 4.78 is 1.77. The van der Waals surface area contributed by atoms with E-state index in [2.05, 4.69) is 32.0 Å². The summed E-state index contributed by atoms with van der Waals surface area (Å²) in [7, 11) is 0. The molecule has 0 saturated carbocycles. The Kier molecular flexibility index (Phi) is 3.43. The summed E-state index contributed by atoms with van der Waals surface area (Å²) in [6.07, 6.45) is 2.90. The molecule has 1 heterocycles. The van der Waals surface area contributed by atoms with E-state index in [0.29, 0.717) is 6.54 Å². The minimum absolute atomic E-state index is 0.0590. The van der Waals surface area contributed by atoms with Gasteiger partial charge in [0.25, 0.3) is 5.56 Å². The Bertz CT molecular complexity index is 569. The molecule has 2 aromatic rings. The second kappa shape index (κ2) is 5.00. The highest BCUT2D eigenvalue weighted by molar-refractivity contribution is 5.23. The lowest BCUT2D eigenvalue weighted by Gasteiger charge is -2.08. The molecule has 1 aromatic heterocycles. The summed E-state index contributed by atoms with van der Waals surface area (Å²) in [5.41, 5.74) is 3.64. The third-order valence-corrected chi connectivity index (χ3v) is 2.89. The van der Waals surface area contributed by atoms with Gasteiger partial charge in [-0.15, -0.1) is 0 Å². The van der Waals surface area contributed by atoms with Gasteiger partial charge >= 0.3 is 0 Å². The van der Waals surface area contributed by atoms with Crippen LogP contribution in [0.2, 0.25) is 0 Å². The summed E-state index contributed by atoms with van der Waals surface area (Å²) in [6.45, 7) is 4.81. The van der Waals surface area contributed by atoms with Gasteiger partial charge in [-0.1, -0.05) is 42.8 Å². The van der Waals surface area contributed by atoms with Crippen molar-refractivity contribution >= 4 is 0 Å². The highest BCUT2D eigenvalue weighted by atomic mass is 16.1. The van der Waals surface area contributed by atoms with Crippen LogP contribution in [0.1, 0.15) is 23.6 Å². The van der Waals surface area contributed by atoms with Gasteiger partial charge in [-0.2, -0.15) is 0 Å². The van der Waals surface area contributed by atoms with Gasteiger partial charge in [0.15, 0.2) is 0 Å².